The van der Waals surface area contributed by atoms with E-state index in [1.54, 1.807) is 6.07 Å². The summed E-state index contributed by atoms with van der Waals surface area (Å²) in [6.45, 7) is 10.3. The van der Waals surface area contributed by atoms with Crippen LogP contribution in [0.1, 0.15) is 46.8 Å². The fourth-order valence-corrected chi connectivity index (χ4v) is 1.69. The number of carbonyl (C=O) groups excluding carboxylic acids is 1. The zero-order chi connectivity index (χ0) is 15.3. The van der Waals surface area contributed by atoms with Crippen molar-refractivity contribution in [3.05, 3.63) is 11.8 Å². The molecule has 2 amide bonds. The average Bonchev–Trinajstić information content (AvgIpc) is 2.73. The first-order chi connectivity index (χ1) is 9.18. The van der Waals surface area contributed by atoms with E-state index in [1.807, 2.05) is 34.6 Å². The summed E-state index contributed by atoms with van der Waals surface area (Å²) in [4.78, 5) is 11.6. The second-order valence-corrected chi connectivity index (χ2v) is 6.44. The molecule has 0 spiro atoms. The number of carbonyl (C=O) groups is 1. The minimum Gasteiger partial charge on any atom is -0.391 e. The molecule has 114 valence electrons. The maximum Gasteiger partial charge on any atom is 0.320 e. The lowest BCUT2D eigenvalue weighted by Crippen LogP contribution is -2.35. The third-order valence-electron chi connectivity index (χ3n) is 2.73. The van der Waals surface area contributed by atoms with Crippen molar-refractivity contribution < 1.29 is 14.4 Å². The van der Waals surface area contributed by atoms with Crippen LogP contribution < -0.4 is 10.6 Å². The maximum atomic E-state index is 11.6. The highest BCUT2D eigenvalue weighted by molar-refractivity contribution is 5.88. The van der Waals surface area contributed by atoms with Crippen LogP contribution in [0.3, 0.4) is 0 Å². The van der Waals surface area contributed by atoms with Crippen molar-refractivity contribution in [2.45, 2.75) is 52.6 Å². The Hall–Kier alpha value is -1.56. The molecule has 3 N–H and O–H groups in total. The fraction of sp³-hybridized carbons (Fsp3) is 0.714. The fourth-order valence-electron chi connectivity index (χ4n) is 1.69. The van der Waals surface area contributed by atoms with E-state index < -0.39 is 12.1 Å². The van der Waals surface area contributed by atoms with Crippen LogP contribution >= 0.6 is 0 Å². The number of aliphatic hydroxyl groups excluding tert-OH is 1. The second-order valence-electron chi connectivity index (χ2n) is 6.44. The molecule has 1 unspecified atom stereocenters. The van der Waals surface area contributed by atoms with Gasteiger partial charge in [-0.05, 0) is 12.3 Å². The van der Waals surface area contributed by atoms with Crippen LogP contribution in [0.2, 0.25) is 0 Å². The number of urea groups is 1. The van der Waals surface area contributed by atoms with Gasteiger partial charge in [0.1, 0.15) is 5.76 Å². The molecule has 1 aromatic rings. The molecular formula is C14H25N3O3. The van der Waals surface area contributed by atoms with Crippen LogP contribution in [0.4, 0.5) is 10.6 Å². The molecule has 0 bridgehead atoms. The van der Waals surface area contributed by atoms with Gasteiger partial charge < -0.3 is 14.9 Å². The van der Waals surface area contributed by atoms with Gasteiger partial charge in [-0.2, -0.15) is 0 Å². The van der Waals surface area contributed by atoms with Gasteiger partial charge in [0, 0.05) is 18.0 Å². The molecule has 6 heteroatoms. The molecular weight excluding hydrogens is 258 g/mol. The van der Waals surface area contributed by atoms with E-state index >= 15 is 0 Å². The molecule has 0 radical (unpaired) electrons. The van der Waals surface area contributed by atoms with Crippen LogP contribution in [0.25, 0.3) is 0 Å². The van der Waals surface area contributed by atoms with Gasteiger partial charge in [-0.25, -0.2) is 4.79 Å². The summed E-state index contributed by atoms with van der Waals surface area (Å²) in [6.07, 6.45) is 0.112. The Morgan fingerprint density at radius 3 is 2.60 bits per heavy atom. The topological polar surface area (TPSA) is 87.4 Å². The Labute approximate surface area is 119 Å². The summed E-state index contributed by atoms with van der Waals surface area (Å²) >= 11 is 0. The molecule has 1 heterocycles. The average molecular weight is 283 g/mol. The predicted octanol–water partition coefficient (Wildman–Crippen LogP) is 2.50. The quantitative estimate of drug-likeness (QED) is 0.774. The molecule has 1 rings (SSSR count). The number of nitrogens with one attached hydrogen (secondary N) is 2. The Kier molecular flexibility index (Phi) is 5.56. The highest BCUT2D eigenvalue weighted by Gasteiger charge is 2.20. The summed E-state index contributed by atoms with van der Waals surface area (Å²) in [5.41, 5.74) is -0.156. The van der Waals surface area contributed by atoms with E-state index in [9.17, 15) is 9.90 Å². The lowest BCUT2D eigenvalue weighted by molar-refractivity contribution is 0.148. The first-order valence-electron chi connectivity index (χ1n) is 6.88. The number of amides is 2. The molecule has 6 nitrogen and oxygen atoms in total. The summed E-state index contributed by atoms with van der Waals surface area (Å²) in [5.74, 6) is 1.46. The van der Waals surface area contributed by atoms with E-state index in [2.05, 4.69) is 15.8 Å². The third-order valence-corrected chi connectivity index (χ3v) is 2.73. The minimum absolute atomic E-state index is 0.156. The molecule has 1 atom stereocenters. The molecule has 0 aromatic carbocycles. The van der Waals surface area contributed by atoms with Crippen molar-refractivity contribution in [1.29, 1.82) is 0 Å². The van der Waals surface area contributed by atoms with Crippen LogP contribution in [-0.4, -0.2) is 28.9 Å². The maximum absolute atomic E-state index is 11.6. The number of nitrogens with zero attached hydrogens (tertiary/aromatic N) is 1. The Morgan fingerprint density at radius 2 is 2.10 bits per heavy atom. The van der Waals surface area contributed by atoms with Crippen LogP contribution in [0, 0.1) is 5.92 Å². The SMILES string of the molecule is CC(C)CC(O)CNC(=O)Nc1cc(C(C)(C)C)on1. The highest BCUT2D eigenvalue weighted by Crippen LogP contribution is 2.24. The van der Waals surface area contributed by atoms with E-state index in [-0.39, 0.29) is 12.0 Å². The van der Waals surface area contributed by atoms with Crippen molar-refractivity contribution >= 4 is 11.8 Å². The van der Waals surface area contributed by atoms with E-state index in [1.165, 1.54) is 0 Å². The minimum atomic E-state index is -0.539. The Morgan fingerprint density at radius 1 is 1.45 bits per heavy atom. The Balaban J connectivity index is 2.41. The van der Waals surface area contributed by atoms with Gasteiger partial charge in [0.25, 0.3) is 0 Å². The summed E-state index contributed by atoms with van der Waals surface area (Å²) in [6, 6.07) is 1.30. The van der Waals surface area contributed by atoms with E-state index in [4.69, 9.17) is 4.52 Å². The summed E-state index contributed by atoms with van der Waals surface area (Å²) in [5, 5.41) is 18.6. The standard InChI is InChI=1S/C14H25N3O3/c1-9(2)6-10(18)8-15-13(19)16-12-7-11(20-17-12)14(3,4)5/h7,9-10,18H,6,8H2,1-5H3,(H2,15,16,17,19). The number of rotatable bonds is 5. The van der Waals surface area contributed by atoms with Crippen molar-refractivity contribution in [1.82, 2.24) is 10.5 Å². The smallest absolute Gasteiger partial charge is 0.320 e. The van der Waals surface area contributed by atoms with Gasteiger partial charge in [0.15, 0.2) is 5.82 Å². The molecule has 0 aliphatic heterocycles. The molecule has 20 heavy (non-hydrogen) atoms. The van der Waals surface area contributed by atoms with Crippen molar-refractivity contribution in [3.63, 3.8) is 0 Å². The third kappa shape index (κ3) is 5.61. The summed E-state index contributed by atoms with van der Waals surface area (Å²) < 4.78 is 5.17. The highest BCUT2D eigenvalue weighted by atomic mass is 16.5. The zero-order valence-corrected chi connectivity index (χ0v) is 12.9. The van der Waals surface area contributed by atoms with E-state index in [0.29, 0.717) is 23.9 Å². The first kappa shape index (κ1) is 16.5. The van der Waals surface area contributed by atoms with Crippen molar-refractivity contribution in [2.75, 3.05) is 11.9 Å². The predicted molar refractivity (Wildman–Crippen MR) is 77.7 cm³/mol. The Bertz CT molecular complexity index is 435. The number of anilines is 1. The largest absolute Gasteiger partial charge is 0.391 e. The lowest BCUT2D eigenvalue weighted by Gasteiger charge is -2.13. The zero-order valence-electron chi connectivity index (χ0n) is 12.9. The number of aliphatic hydroxyl groups is 1. The number of aromatic nitrogens is 1. The van der Waals surface area contributed by atoms with Gasteiger partial charge in [-0.3, -0.25) is 5.32 Å². The summed E-state index contributed by atoms with van der Waals surface area (Å²) in [7, 11) is 0. The molecule has 1 aromatic heterocycles. The number of hydrogen-bond acceptors (Lipinski definition) is 4. The molecule has 0 saturated carbocycles. The van der Waals surface area contributed by atoms with Crippen LogP contribution in [-0.2, 0) is 5.41 Å². The van der Waals surface area contributed by atoms with Crippen molar-refractivity contribution in [3.8, 4) is 0 Å². The van der Waals surface area contributed by atoms with Crippen LogP contribution in [0.15, 0.2) is 10.6 Å². The van der Waals surface area contributed by atoms with Crippen molar-refractivity contribution in [2.24, 2.45) is 5.92 Å². The van der Waals surface area contributed by atoms with Gasteiger partial charge in [-0.15, -0.1) is 0 Å². The normalized spacial score (nSPS) is 13.3. The van der Waals surface area contributed by atoms with Crippen LogP contribution in [0.5, 0.6) is 0 Å². The van der Waals surface area contributed by atoms with Gasteiger partial charge in [0.05, 0.1) is 6.10 Å². The van der Waals surface area contributed by atoms with Gasteiger partial charge in [-0.1, -0.05) is 39.8 Å². The van der Waals surface area contributed by atoms with Gasteiger partial charge >= 0.3 is 6.03 Å². The molecule has 0 saturated heterocycles. The van der Waals surface area contributed by atoms with Gasteiger partial charge in [0.2, 0.25) is 0 Å². The molecule has 0 aliphatic carbocycles. The number of hydrogen-bond donors (Lipinski definition) is 3. The molecule has 0 aliphatic rings. The monoisotopic (exact) mass is 283 g/mol. The second kappa shape index (κ2) is 6.74. The van der Waals surface area contributed by atoms with E-state index in [0.717, 1.165) is 0 Å². The molecule has 0 fully saturated rings. The first-order valence-corrected chi connectivity index (χ1v) is 6.88. The lowest BCUT2D eigenvalue weighted by atomic mass is 9.93.